The van der Waals surface area contributed by atoms with E-state index in [0.29, 0.717) is 17.2 Å². The van der Waals surface area contributed by atoms with Gasteiger partial charge in [0, 0.05) is 17.5 Å². The summed E-state index contributed by atoms with van der Waals surface area (Å²) in [6, 6.07) is 23.7. The van der Waals surface area contributed by atoms with Crippen LogP contribution in [-0.2, 0) is 11.2 Å². The molecule has 29 heavy (non-hydrogen) atoms. The highest BCUT2D eigenvalue weighted by atomic mass is 32.2. The van der Waals surface area contributed by atoms with Gasteiger partial charge < -0.3 is 4.42 Å². The van der Waals surface area contributed by atoms with Crippen LogP contribution in [0, 0.1) is 0 Å². The van der Waals surface area contributed by atoms with Crippen LogP contribution in [0.5, 0.6) is 0 Å². The number of hydrogen-bond acceptors (Lipinski definition) is 5. The number of aryl methyl sites for hydroxylation is 1. The molecule has 1 aliphatic heterocycles. The van der Waals surface area contributed by atoms with Crippen molar-refractivity contribution in [2.24, 2.45) is 0 Å². The fourth-order valence-electron chi connectivity index (χ4n) is 2.98. The van der Waals surface area contributed by atoms with E-state index >= 15 is 0 Å². The summed E-state index contributed by atoms with van der Waals surface area (Å²) < 4.78 is 5.80. The lowest BCUT2D eigenvalue weighted by atomic mass is 10.1. The number of rotatable bonds is 7. The van der Waals surface area contributed by atoms with Crippen LogP contribution in [0.25, 0.3) is 6.08 Å². The van der Waals surface area contributed by atoms with E-state index in [1.165, 1.54) is 22.2 Å². The fourth-order valence-corrected chi connectivity index (χ4v) is 4.62. The van der Waals surface area contributed by atoms with E-state index in [4.69, 9.17) is 4.42 Å². The Hall–Kier alpha value is -2.70. The highest BCUT2D eigenvalue weighted by molar-refractivity contribution is 8.18. The normalized spacial score (nSPS) is 15.4. The van der Waals surface area contributed by atoms with E-state index < -0.39 is 0 Å². The lowest BCUT2D eigenvalue weighted by Crippen LogP contribution is -2.29. The van der Waals surface area contributed by atoms with Crippen LogP contribution in [0.15, 0.2) is 92.1 Å². The number of carbonyl (C=O) groups excluding carboxylic acids is 2. The molecule has 2 heterocycles. The molecule has 1 aromatic heterocycles. The highest BCUT2D eigenvalue weighted by Gasteiger charge is 2.34. The van der Waals surface area contributed by atoms with Gasteiger partial charge in [-0.1, -0.05) is 60.3 Å². The van der Waals surface area contributed by atoms with E-state index in [2.05, 4.69) is 12.1 Å². The van der Waals surface area contributed by atoms with Gasteiger partial charge in [0.25, 0.3) is 11.1 Å². The number of benzene rings is 2. The molecule has 6 heteroatoms. The first-order valence-electron chi connectivity index (χ1n) is 9.31. The predicted octanol–water partition coefficient (Wildman–Crippen LogP) is 6.10. The smallest absolute Gasteiger partial charge is 0.293 e. The third-order valence-electron chi connectivity index (χ3n) is 4.40. The van der Waals surface area contributed by atoms with Crippen LogP contribution in [-0.4, -0.2) is 22.6 Å². The van der Waals surface area contributed by atoms with Crippen molar-refractivity contribution in [3.8, 4) is 0 Å². The minimum absolute atomic E-state index is 0.222. The van der Waals surface area contributed by atoms with Crippen LogP contribution >= 0.6 is 23.5 Å². The maximum absolute atomic E-state index is 12.6. The first-order chi connectivity index (χ1) is 14.2. The molecule has 1 saturated heterocycles. The van der Waals surface area contributed by atoms with Gasteiger partial charge in [0.1, 0.15) is 5.76 Å². The minimum atomic E-state index is -0.248. The van der Waals surface area contributed by atoms with Crippen molar-refractivity contribution >= 4 is 40.7 Å². The molecule has 0 N–H and O–H groups in total. The predicted molar refractivity (Wildman–Crippen MR) is 117 cm³/mol. The van der Waals surface area contributed by atoms with Gasteiger partial charge in [-0.3, -0.25) is 14.5 Å². The topological polar surface area (TPSA) is 50.5 Å². The zero-order chi connectivity index (χ0) is 20.1. The van der Waals surface area contributed by atoms with Crippen LogP contribution in [0.4, 0.5) is 4.79 Å². The Balaban J connectivity index is 1.37. The second-order valence-electron chi connectivity index (χ2n) is 6.49. The van der Waals surface area contributed by atoms with Gasteiger partial charge in [-0.15, -0.1) is 0 Å². The summed E-state index contributed by atoms with van der Waals surface area (Å²) in [6.45, 7) is 0.421. The molecule has 146 valence electrons. The summed E-state index contributed by atoms with van der Waals surface area (Å²) in [5.41, 5.74) is 1.20. The fraction of sp³-hybridized carbons (Fsp3) is 0.130. The molecule has 1 aliphatic rings. The molecule has 4 rings (SSSR count). The average molecular weight is 422 g/mol. The first kappa shape index (κ1) is 19.6. The van der Waals surface area contributed by atoms with Crippen LogP contribution in [0.1, 0.15) is 17.7 Å². The summed E-state index contributed by atoms with van der Waals surface area (Å²) in [6.07, 6.45) is 3.23. The molecule has 0 unspecified atom stereocenters. The monoisotopic (exact) mass is 421 g/mol. The van der Waals surface area contributed by atoms with Crippen molar-refractivity contribution in [2.45, 2.75) is 22.8 Å². The summed E-state index contributed by atoms with van der Waals surface area (Å²) in [7, 11) is 0. The van der Waals surface area contributed by atoms with Gasteiger partial charge in [0.2, 0.25) is 0 Å². The highest BCUT2D eigenvalue weighted by Crippen LogP contribution is 2.34. The van der Waals surface area contributed by atoms with Crippen molar-refractivity contribution in [3.05, 3.63) is 89.0 Å². The Morgan fingerprint density at radius 1 is 0.931 bits per heavy atom. The molecule has 2 amide bonds. The zero-order valence-electron chi connectivity index (χ0n) is 15.6. The van der Waals surface area contributed by atoms with Crippen molar-refractivity contribution in [2.75, 3.05) is 6.54 Å². The maximum Gasteiger partial charge on any atom is 0.293 e. The van der Waals surface area contributed by atoms with Crippen LogP contribution in [0.3, 0.4) is 0 Å². The van der Waals surface area contributed by atoms with E-state index in [-0.39, 0.29) is 11.1 Å². The lowest BCUT2D eigenvalue weighted by molar-refractivity contribution is -0.122. The molecule has 0 spiro atoms. The number of carbonyl (C=O) groups is 2. The lowest BCUT2D eigenvalue weighted by Gasteiger charge is -2.11. The minimum Gasteiger partial charge on any atom is -0.450 e. The van der Waals surface area contributed by atoms with Crippen LogP contribution < -0.4 is 0 Å². The first-order valence-corrected chi connectivity index (χ1v) is 10.9. The quantitative estimate of drug-likeness (QED) is 0.432. The number of amides is 2. The van der Waals surface area contributed by atoms with Crippen molar-refractivity contribution < 1.29 is 14.0 Å². The average Bonchev–Trinajstić information content (AvgIpc) is 3.28. The third-order valence-corrected chi connectivity index (χ3v) is 6.24. The number of thioether (sulfide) groups is 1. The van der Waals surface area contributed by atoms with Gasteiger partial charge in [-0.05, 0) is 54.4 Å². The summed E-state index contributed by atoms with van der Waals surface area (Å²) >= 11 is 2.48. The second-order valence-corrected chi connectivity index (χ2v) is 8.57. The summed E-state index contributed by atoms with van der Waals surface area (Å²) in [4.78, 5) is 27.7. The zero-order valence-corrected chi connectivity index (χ0v) is 17.2. The molecule has 0 aliphatic carbocycles. The van der Waals surface area contributed by atoms with E-state index in [1.807, 2.05) is 60.7 Å². The van der Waals surface area contributed by atoms with Gasteiger partial charge in [0.05, 0.1) is 4.91 Å². The van der Waals surface area contributed by atoms with Crippen molar-refractivity contribution in [3.63, 3.8) is 0 Å². The van der Waals surface area contributed by atoms with Crippen LogP contribution in [0.2, 0.25) is 0 Å². The summed E-state index contributed by atoms with van der Waals surface area (Å²) in [5, 5.41) is 0.518. The molecule has 4 nitrogen and oxygen atoms in total. The maximum atomic E-state index is 12.6. The Bertz CT molecular complexity index is 1030. The van der Waals surface area contributed by atoms with Gasteiger partial charge in [-0.25, -0.2) is 0 Å². The molecule has 0 saturated carbocycles. The third kappa shape index (κ3) is 5.02. The Morgan fingerprint density at radius 3 is 2.41 bits per heavy atom. The summed E-state index contributed by atoms with van der Waals surface area (Å²) in [5.74, 6) is 0.319. The SMILES string of the molecule is O=C1S/C(=C/c2ccc(Sc3ccccc3)o2)C(=O)N1CCCc1ccccc1. The Morgan fingerprint density at radius 2 is 1.66 bits per heavy atom. The molecule has 1 fully saturated rings. The van der Waals surface area contributed by atoms with E-state index in [9.17, 15) is 9.59 Å². The number of imide groups is 1. The van der Waals surface area contributed by atoms with Crippen molar-refractivity contribution in [1.29, 1.82) is 0 Å². The second kappa shape index (κ2) is 9.20. The van der Waals surface area contributed by atoms with E-state index in [1.54, 1.807) is 6.08 Å². The molecule has 0 bridgehead atoms. The number of nitrogens with zero attached hydrogens (tertiary/aromatic N) is 1. The molecular weight excluding hydrogens is 402 g/mol. The largest absolute Gasteiger partial charge is 0.450 e. The molecule has 0 radical (unpaired) electrons. The van der Waals surface area contributed by atoms with Gasteiger partial charge >= 0.3 is 0 Å². The molecule has 2 aromatic carbocycles. The molecule has 0 atom stereocenters. The Kier molecular flexibility index (Phi) is 6.22. The van der Waals surface area contributed by atoms with Gasteiger partial charge in [-0.2, -0.15) is 0 Å². The Labute approximate surface area is 178 Å². The van der Waals surface area contributed by atoms with Crippen molar-refractivity contribution in [1.82, 2.24) is 4.90 Å². The van der Waals surface area contributed by atoms with E-state index in [0.717, 1.165) is 34.6 Å². The molecular formula is C23H19NO3S2. The number of hydrogen-bond donors (Lipinski definition) is 0. The number of furan rings is 1. The standard InChI is InChI=1S/C23H19NO3S2/c25-22-20(16-18-13-14-21(27-18)28-19-11-5-2-6-12-19)29-23(26)24(22)15-7-10-17-8-3-1-4-9-17/h1-6,8-9,11-14,16H,7,10,15H2/b20-16+. The molecule has 3 aromatic rings. The van der Waals surface area contributed by atoms with Gasteiger partial charge in [0.15, 0.2) is 5.09 Å².